The Morgan fingerprint density at radius 3 is 0.936 bits per heavy atom. The molecule has 0 aliphatic carbocycles. The summed E-state index contributed by atoms with van der Waals surface area (Å²) in [5.74, 6) is -0.0566. The van der Waals surface area contributed by atoms with Crippen LogP contribution in [0.25, 0.3) is 0 Å². The lowest BCUT2D eigenvalue weighted by atomic mass is 10.0. The summed E-state index contributed by atoms with van der Waals surface area (Å²) in [5, 5.41) is 23.3. The smallest absolute Gasteiger partial charge is 0.305 e. The average molecular weight is 1100 g/mol. The number of aliphatic hydroxyl groups excluding tert-OH is 2. The Labute approximate surface area is 488 Å². The zero-order valence-electron chi connectivity index (χ0n) is 52.9. The van der Waals surface area contributed by atoms with E-state index in [1.165, 1.54) is 327 Å². The lowest BCUT2D eigenvalue weighted by Gasteiger charge is -2.20. The summed E-state index contributed by atoms with van der Waals surface area (Å²) in [5.41, 5.74) is 0. The predicted molar refractivity (Wildman–Crippen MR) is 343 cm³/mol. The fraction of sp³-hybridized carbons (Fsp3) is 0.917. The van der Waals surface area contributed by atoms with Crippen molar-refractivity contribution >= 4 is 11.9 Å². The van der Waals surface area contributed by atoms with Crippen molar-refractivity contribution in [2.24, 2.45) is 0 Å². The highest BCUT2D eigenvalue weighted by Gasteiger charge is 2.18. The molecule has 6 heteroatoms. The number of hydrogen-bond donors (Lipinski definition) is 3. The van der Waals surface area contributed by atoms with Crippen molar-refractivity contribution in [3.63, 3.8) is 0 Å². The van der Waals surface area contributed by atoms with Gasteiger partial charge in [0.2, 0.25) is 5.91 Å². The van der Waals surface area contributed by atoms with Gasteiger partial charge in [0.05, 0.1) is 25.4 Å². The number of rotatable bonds is 67. The van der Waals surface area contributed by atoms with Crippen molar-refractivity contribution in [3.05, 3.63) is 24.3 Å². The molecule has 0 rings (SSSR count). The predicted octanol–water partition coefficient (Wildman–Crippen LogP) is 22.9. The first-order valence-electron chi connectivity index (χ1n) is 35.6. The molecule has 0 saturated carbocycles. The van der Waals surface area contributed by atoms with Crippen LogP contribution in [0, 0.1) is 0 Å². The van der Waals surface area contributed by atoms with Gasteiger partial charge in [0.1, 0.15) is 0 Å². The van der Waals surface area contributed by atoms with E-state index in [1.807, 2.05) is 6.08 Å². The van der Waals surface area contributed by atoms with Crippen LogP contribution in [0.1, 0.15) is 399 Å². The van der Waals surface area contributed by atoms with Crippen molar-refractivity contribution in [2.45, 2.75) is 411 Å². The second-order valence-electron chi connectivity index (χ2n) is 24.6. The molecule has 0 aromatic rings. The number of esters is 1. The van der Waals surface area contributed by atoms with E-state index in [2.05, 4.69) is 31.3 Å². The van der Waals surface area contributed by atoms with Gasteiger partial charge in [0, 0.05) is 12.8 Å². The maximum Gasteiger partial charge on any atom is 0.305 e. The molecule has 0 aliphatic heterocycles. The van der Waals surface area contributed by atoms with Crippen LogP contribution in [0.5, 0.6) is 0 Å². The summed E-state index contributed by atoms with van der Waals surface area (Å²) >= 11 is 0. The maximum atomic E-state index is 12.5. The van der Waals surface area contributed by atoms with Gasteiger partial charge in [0.25, 0.3) is 0 Å². The van der Waals surface area contributed by atoms with Gasteiger partial charge in [-0.15, -0.1) is 0 Å². The normalized spacial score (nSPS) is 12.6. The standard InChI is InChI=1S/C72H139NO5/c1-3-5-7-9-11-13-15-17-18-19-20-21-22-23-26-29-32-35-38-41-44-48-52-56-60-64-70(75)69(68-74)73-71(76)65-61-57-53-49-45-42-39-36-33-30-27-24-25-28-31-34-37-40-43-47-51-55-59-63-67-78-72(77)66-62-58-54-50-46-16-14-12-10-8-6-4-2/h12,14,60,64,69-70,74-75H,3-11,13,15-59,61-63,65-68H2,1-2H3,(H,73,76)/b14-12-,64-60+. The van der Waals surface area contributed by atoms with Gasteiger partial charge in [-0.25, -0.2) is 0 Å². The topological polar surface area (TPSA) is 95.9 Å². The lowest BCUT2D eigenvalue weighted by molar-refractivity contribution is -0.143. The summed E-state index contributed by atoms with van der Waals surface area (Å²) in [6, 6.07) is -0.628. The fourth-order valence-corrected chi connectivity index (χ4v) is 11.3. The van der Waals surface area contributed by atoms with E-state index in [4.69, 9.17) is 4.74 Å². The lowest BCUT2D eigenvalue weighted by Crippen LogP contribution is -2.45. The molecular formula is C72H139NO5. The van der Waals surface area contributed by atoms with Crippen molar-refractivity contribution in [1.29, 1.82) is 0 Å². The summed E-state index contributed by atoms with van der Waals surface area (Å²) in [6.45, 7) is 4.92. The molecular weight excluding hydrogens is 959 g/mol. The van der Waals surface area contributed by atoms with Crippen LogP contribution in [0.2, 0.25) is 0 Å². The molecule has 0 radical (unpaired) electrons. The van der Waals surface area contributed by atoms with E-state index < -0.39 is 12.1 Å². The minimum Gasteiger partial charge on any atom is -0.466 e. The molecule has 0 aromatic heterocycles. The quantitative estimate of drug-likeness (QED) is 0.0320. The summed E-state index contributed by atoms with van der Waals surface area (Å²) in [4.78, 5) is 24.6. The Hall–Kier alpha value is -1.66. The van der Waals surface area contributed by atoms with Crippen LogP contribution in [0.3, 0.4) is 0 Å². The van der Waals surface area contributed by atoms with E-state index >= 15 is 0 Å². The van der Waals surface area contributed by atoms with Crippen molar-refractivity contribution in [3.8, 4) is 0 Å². The van der Waals surface area contributed by atoms with Gasteiger partial charge in [-0.1, -0.05) is 353 Å². The number of aliphatic hydroxyl groups is 2. The number of amides is 1. The molecule has 78 heavy (non-hydrogen) atoms. The first kappa shape index (κ1) is 76.3. The van der Waals surface area contributed by atoms with Crippen LogP contribution in [-0.2, 0) is 14.3 Å². The van der Waals surface area contributed by atoms with E-state index in [1.54, 1.807) is 6.08 Å². The summed E-state index contributed by atoms with van der Waals surface area (Å²) in [6.07, 6.45) is 85.4. The number of unbranched alkanes of at least 4 members (excludes halogenated alkanes) is 54. The Balaban J connectivity index is 3.40. The zero-order chi connectivity index (χ0) is 56.4. The minimum atomic E-state index is -0.845. The van der Waals surface area contributed by atoms with E-state index in [0.717, 1.165) is 44.9 Å². The molecule has 2 atom stereocenters. The molecule has 0 spiro atoms. The third kappa shape index (κ3) is 63.5. The Morgan fingerprint density at radius 2 is 0.603 bits per heavy atom. The zero-order valence-corrected chi connectivity index (χ0v) is 52.9. The molecule has 6 nitrogen and oxygen atoms in total. The van der Waals surface area contributed by atoms with Crippen molar-refractivity contribution in [2.75, 3.05) is 13.2 Å². The van der Waals surface area contributed by atoms with Gasteiger partial charge in [-0.3, -0.25) is 9.59 Å². The van der Waals surface area contributed by atoms with Gasteiger partial charge < -0.3 is 20.3 Å². The number of carbonyl (C=O) groups excluding carboxylic acids is 2. The molecule has 462 valence electrons. The second kappa shape index (κ2) is 67.8. The van der Waals surface area contributed by atoms with Crippen LogP contribution < -0.4 is 5.32 Å². The molecule has 3 N–H and O–H groups in total. The first-order chi connectivity index (χ1) is 38.5. The first-order valence-corrected chi connectivity index (χ1v) is 35.6. The number of hydrogen-bond acceptors (Lipinski definition) is 5. The third-order valence-corrected chi connectivity index (χ3v) is 16.7. The summed E-state index contributed by atoms with van der Waals surface area (Å²) < 4.78 is 5.47. The monoisotopic (exact) mass is 1100 g/mol. The third-order valence-electron chi connectivity index (χ3n) is 16.7. The number of nitrogens with one attached hydrogen (secondary N) is 1. The van der Waals surface area contributed by atoms with Gasteiger partial charge in [-0.2, -0.15) is 0 Å². The number of carbonyl (C=O) groups is 2. The number of allylic oxidation sites excluding steroid dienone is 3. The van der Waals surface area contributed by atoms with Crippen molar-refractivity contribution < 1.29 is 24.5 Å². The molecule has 1 amide bonds. The Morgan fingerprint density at radius 1 is 0.346 bits per heavy atom. The Kier molecular flexibility index (Phi) is 66.4. The Bertz CT molecular complexity index is 1220. The van der Waals surface area contributed by atoms with Crippen LogP contribution in [0.15, 0.2) is 24.3 Å². The molecule has 0 heterocycles. The highest BCUT2D eigenvalue weighted by molar-refractivity contribution is 5.76. The molecule has 0 bridgehead atoms. The molecule has 0 saturated heterocycles. The van der Waals surface area contributed by atoms with Crippen molar-refractivity contribution in [1.82, 2.24) is 5.32 Å². The maximum absolute atomic E-state index is 12.5. The van der Waals surface area contributed by atoms with E-state index in [9.17, 15) is 19.8 Å². The molecule has 2 unspecified atom stereocenters. The van der Waals surface area contributed by atoms with Gasteiger partial charge >= 0.3 is 5.97 Å². The van der Waals surface area contributed by atoms with E-state index in [-0.39, 0.29) is 18.5 Å². The molecule has 0 aromatic carbocycles. The van der Waals surface area contributed by atoms with Crippen LogP contribution >= 0.6 is 0 Å². The average Bonchev–Trinajstić information content (AvgIpc) is 3.44. The SMILES string of the molecule is CCCCC/C=C\CCCCCCCC(=O)OCCCCCCCCCCCCCCCCCCCCCCCCCCC(=O)NC(CO)C(O)/C=C/CCCCCCCCCCCCCCCCCCCCCCCCC. The van der Waals surface area contributed by atoms with Gasteiger partial charge in [0.15, 0.2) is 0 Å². The summed E-state index contributed by atoms with van der Waals surface area (Å²) in [7, 11) is 0. The van der Waals surface area contributed by atoms with Crippen LogP contribution in [-0.4, -0.2) is 47.4 Å². The van der Waals surface area contributed by atoms with Gasteiger partial charge in [-0.05, 0) is 57.8 Å². The largest absolute Gasteiger partial charge is 0.466 e. The van der Waals surface area contributed by atoms with E-state index in [0.29, 0.717) is 19.4 Å². The molecule has 0 aliphatic rings. The minimum absolute atomic E-state index is 0.00564. The highest BCUT2D eigenvalue weighted by Crippen LogP contribution is 2.19. The fourth-order valence-electron chi connectivity index (χ4n) is 11.3. The number of ether oxygens (including phenoxy) is 1. The molecule has 0 fully saturated rings. The second-order valence-corrected chi connectivity index (χ2v) is 24.6. The van der Waals surface area contributed by atoms with Crippen LogP contribution in [0.4, 0.5) is 0 Å². The highest BCUT2D eigenvalue weighted by atomic mass is 16.5.